The first kappa shape index (κ1) is 18.1. The molecule has 0 aromatic heterocycles. The van der Waals surface area contributed by atoms with Gasteiger partial charge in [0, 0.05) is 5.56 Å². The minimum absolute atomic E-state index is 0.00109. The Morgan fingerprint density at radius 2 is 1.69 bits per heavy atom. The summed E-state index contributed by atoms with van der Waals surface area (Å²) in [7, 11) is -2.98. The van der Waals surface area contributed by atoms with Crippen molar-refractivity contribution in [2.75, 3.05) is 11.4 Å². The van der Waals surface area contributed by atoms with Gasteiger partial charge in [-0.25, -0.2) is 17.5 Å². The maximum Gasteiger partial charge on any atom is 0.337 e. The van der Waals surface area contributed by atoms with Gasteiger partial charge in [-0.3, -0.25) is 4.79 Å². The molecule has 1 heterocycles. The maximum atomic E-state index is 13.3. The maximum absolute atomic E-state index is 13.3. The Labute approximate surface area is 152 Å². The van der Waals surface area contributed by atoms with E-state index < -0.39 is 27.8 Å². The number of hydrogen-bond donors (Lipinski definition) is 0. The third-order valence-electron chi connectivity index (χ3n) is 4.39. The molecule has 0 aliphatic carbocycles. The second kappa shape index (κ2) is 6.57. The zero-order chi connectivity index (χ0) is 19.1. The predicted octanol–water partition coefficient (Wildman–Crippen LogP) is 2.74. The third-order valence-corrected chi connectivity index (χ3v) is 6.23. The van der Waals surface area contributed by atoms with Crippen molar-refractivity contribution in [3.8, 4) is 0 Å². The smallest absolute Gasteiger partial charge is 0.337 e. The van der Waals surface area contributed by atoms with Gasteiger partial charge in [-0.05, 0) is 29.7 Å². The summed E-state index contributed by atoms with van der Waals surface area (Å²) in [5.41, 5.74) is 1.03. The number of esters is 1. The van der Waals surface area contributed by atoms with Crippen LogP contribution in [0.3, 0.4) is 0 Å². The summed E-state index contributed by atoms with van der Waals surface area (Å²) < 4.78 is 32.3. The van der Waals surface area contributed by atoms with Crippen LogP contribution >= 0.6 is 0 Å². The molecule has 0 saturated heterocycles. The number of fused-ring (bicyclic) bond motifs is 1. The molecule has 2 aromatic carbocycles. The molecule has 6 nitrogen and oxygen atoms in total. The SMILES string of the molecule is COC(=O)C1C(=O)c2ccccc2S(=O)(=O)N1c1ccccc1C(C)C. The van der Waals surface area contributed by atoms with E-state index in [0.717, 1.165) is 17.0 Å². The fraction of sp³-hybridized carbons (Fsp3) is 0.263. The van der Waals surface area contributed by atoms with Gasteiger partial charge in [-0.2, -0.15) is 0 Å². The summed E-state index contributed by atoms with van der Waals surface area (Å²) in [6.45, 7) is 3.83. The zero-order valence-corrected chi connectivity index (χ0v) is 15.5. The van der Waals surface area contributed by atoms with Crippen LogP contribution < -0.4 is 4.31 Å². The zero-order valence-electron chi connectivity index (χ0n) is 14.7. The molecule has 0 spiro atoms. The van der Waals surface area contributed by atoms with E-state index >= 15 is 0 Å². The van der Waals surface area contributed by atoms with Gasteiger partial charge in [0.25, 0.3) is 10.0 Å². The number of Topliss-reactive ketones (excluding diaryl/α,β-unsaturated/α-hetero) is 1. The predicted molar refractivity (Wildman–Crippen MR) is 96.8 cm³/mol. The summed E-state index contributed by atoms with van der Waals surface area (Å²) in [5, 5.41) is 0. The first-order chi connectivity index (χ1) is 12.3. The fourth-order valence-electron chi connectivity index (χ4n) is 3.15. The number of benzene rings is 2. The van der Waals surface area contributed by atoms with E-state index in [2.05, 4.69) is 0 Å². The van der Waals surface area contributed by atoms with Gasteiger partial charge in [-0.15, -0.1) is 0 Å². The summed E-state index contributed by atoms with van der Waals surface area (Å²) in [4.78, 5) is 25.2. The number of nitrogens with zero attached hydrogens (tertiary/aromatic N) is 1. The molecule has 0 bridgehead atoms. The molecule has 1 atom stereocenters. The number of anilines is 1. The van der Waals surface area contributed by atoms with Crippen molar-refractivity contribution in [1.29, 1.82) is 0 Å². The van der Waals surface area contributed by atoms with E-state index in [0.29, 0.717) is 5.69 Å². The van der Waals surface area contributed by atoms with E-state index in [4.69, 9.17) is 4.74 Å². The average Bonchev–Trinajstić information content (AvgIpc) is 2.64. The van der Waals surface area contributed by atoms with Gasteiger partial charge < -0.3 is 4.74 Å². The molecular formula is C19H19NO5S. The molecule has 1 unspecified atom stereocenters. The highest BCUT2D eigenvalue weighted by molar-refractivity contribution is 7.93. The van der Waals surface area contributed by atoms with Crippen LogP contribution in [-0.2, 0) is 19.6 Å². The van der Waals surface area contributed by atoms with Gasteiger partial charge in [0.1, 0.15) is 0 Å². The van der Waals surface area contributed by atoms with Crippen LogP contribution in [0.1, 0.15) is 35.7 Å². The van der Waals surface area contributed by atoms with Crippen LogP contribution in [0.5, 0.6) is 0 Å². The topological polar surface area (TPSA) is 80.8 Å². The number of ketones is 1. The number of carbonyl (C=O) groups is 2. The second-order valence-corrected chi connectivity index (χ2v) is 8.08. The molecule has 0 amide bonds. The van der Waals surface area contributed by atoms with Crippen molar-refractivity contribution in [3.05, 3.63) is 59.7 Å². The van der Waals surface area contributed by atoms with Crippen molar-refractivity contribution < 1.29 is 22.7 Å². The fourth-order valence-corrected chi connectivity index (χ4v) is 4.95. The highest BCUT2D eigenvalue weighted by Gasteiger charge is 2.48. The van der Waals surface area contributed by atoms with Crippen LogP contribution in [-0.4, -0.2) is 33.3 Å². The van der Waals surface area contributed by atoms with Crippen LogP contribution in [0, 0.1) is 0 Å². The molecular weight excluding hydrogens is 354 g/mol. The Bertz CT molecular complexity index is 981. The molecule has 1 aliphatic heterocycles. The lowest BCUT2D eigenvalue weighted by atomic mass is 9.98. The standard InChI is InChI=1S/C19H19NO5S/c1-12(2)13-8-4-6-10-15(13)20-17(19(22)25-3)18(21)14-9-5-7-11-16(14)26(20,23)24/h4-12,17H,1-3H3. The lowest BCUT2D eigenvalue weighted by Gasteiger charge is -2.36. The van der Waals surface area contributed by atoms with Crippen molar-refractivity contribution in [2.24, 2.45) is 0 Å². The Hall–Kier alpha value is -2.67. The molecule has 0 N–H and O–H groups in total. The number of para-hydroxylation sites is 1. The average molecular weight is 373 g/mol. The lowest BCUT2D eigenvalue weighted by molar-refractivity contribution is -0.140. The van der Waals surface area contributed by atoms with E-state index in [1.54, 1.807) is 36.4 Å². The molecule has 0 saturated carbocycles. The molecule has 26 heavy (non-hydrogen) atoms. The number of carbonyl (C=O) groups excluding carboxylic acids is 2. The number of sulfonamides is 1. The van der Waals surface area contributed by atoms with Gasteiger partial charge in [-0.1, -0.05) is 44.2 Å². The minimum atomic E-state index is -4.12. The minimum Gasteiger partial charge on any atom is -0.467 e. The largest absolute Gasteiger partial charge is 0.467 e. The molecule has 7 heteroatoms. The van der Waals surface area contributed by atoms with Crippen molar-refractivity contribution >= 4 is 27.5 Å². The monoisotopic (exact) mass is 373 g/mol. The Morgan fingerprint density at radius 1 is 1.08 bits per heavy atom. The highest BCUT2D eigenvalue weighted by atomic mass is 32.2. The molecule has 0 fully saturated rings. The van der Waals surface area contributed by atoms with Crippen LogP contribution in [0.15, 0.2) is 53.4 Å². The van der Waals surface area contributed by atoms with E-state index in [1.165, 1.54) is 12.1 Å². The van der Waals surface area contributed by atoms with Crippen LogP contribution in [0.4, 0.5) is 5.69 Å². The Kier molecular flexibility index (Phi) is 4.58. The van der Waals surface area contributed by atoms with Crippen molar-refractivity contribution in [2.45, 2.75) is 30.7 Å². The quantitative estimate of drug-likeness (QED) is 0.610. The number of methoxy groups -OCH3 is 1. The summed E-state index contributed by atoms with van der Waals surface area (Å²) in [6.07, 6.45) is 0. The van der Waals surface area contributed by atoms with Gasteiger partial charge in [0.15, 0.2) is 5.78 Å². The number of ether oxygens (including phenoxy) is 1. The van der Waals surface area contributed by atoms with E-state index in [9.17, 15) is 18.0 Å². The summed E-state index contributed by atoms with van der Waals surface area (Å²) in [5.74, 6) is -1.51. The first-order valence-electron chi connectivity index (χ1n) is 8.15. The third kappa shape index (κ3) is 2.68. The van der Waals surface area contributed by atoms with Crippen molar-refractivity contribution in [1.82, 2.24) is 0 Å². The van der Waals surface area contributed by atoms with Gasteiger partial charge in [0.2, 0.25) is 6.04 Å². The Balaban J connectivity index is 2.35. The van der Waals surface area contributed by atoms with Gasteiger partial charge >= 0.3 is 5.97 Å². The van der Waals surface area contributed by atoms with E-state index in [-0.39, 0.29) is 16.4 Å². The first-order valence-corrected chi connectivity index (χ1v) is 9.59. The molecule has 3 rings (SSSR count). The summed E-state index contributed by atoms with van der Waals surface area (Å²) in [6, 6.07) is 11.2. The molecule has 1 aliphatic rings. The number of rotatable bonds is 3. The number of hydrogen-bond acceptors (Lipinski definition) is 5. The highest BCUT2D eigenvalue weighted by Crippen LogP contribution is 2.38. The molecule has 136 valence electrons. The molecule has 0 radical (unpaired) electrons. The van der Waals surface area contributed by atoms with E-state index in [1.807, 2.05) is 13.8 Å². The Morgan fingerprint density at radius 3 is 2.35 bits per heavy atom. The van der Waals surface area contributed by atoms with Crippen LogP contribution in [0.25, 0.3) is 0 Å². The lowest BCUT2D eigenvalue weighted by Crippen LogP contribution is -2.54. The normalized spacial score (nSPS) is 18.5. The molecule has 2 aromatic rings. The van der Waals surface area contributed by atoms with Crippen molar-refractivity contribution in [3.63, 3.8) is 0 Å². The van der Waals surface area contributed by atoms with Crippen LogP contribution in [0.2, 0.25) is 0 Å². The second-order valence-electron chi connectivity index (χ2n) is 6.30. The summed E-state index contributed by atoms with van der Waals surface area (Å²) >= 11 is 0. The van der Waals surface area contributed by atoms with Gasteiger partial charge in [0.05, 0.1) is 17.7 Å².